The van der Waals surface area contributed by atoms with Crippen LogP contribution in [0.25, 0.3) is 0 Å². The van der Waals surface area contributed by atoms with Crippen LogP contribution in [-0.2, 0) is 11.4 Å². The Morgan fingerprint density at radius 2 is 1.93 bits per heavy atom. The van der Waals surface area contributed by atoms with Crippen molar-refractivity contribution in [2.75, 3.05) is 17.3 Å². The predicted octanol–water partition coefficient (Wildman–Crippen LogP) is 2.82. The lowest BCUT2D eigenvalue weighted by Gasteiger charge is -2.02. The first-order chi connectivity index (χ1) is 6.97. The van der Waals surface area contributed by atoms with E-state index in [0.29, 0.717) is 0 Å². The fourth-order valence-corrected chi connectivity index (χ4v) is 3.78. The van der Waals surface area contributed by atoms with Gasteiger partial charge in [-0.2, -0.15) is 11.8 Å². The average Bonchev–Trinajstić information content (AvgIpc) is 2.18. The van der Waals surface area contributed by atoms with Crippen molar-refractivity contribution in [3.8, 4) is 0 Å². The zero-order valence-electron chi connectivity index (χ0n) is 8.24. The SMILES string of the molecule is c1ccc(C2=[S+]CCSCCC2)cc1. The van der Waals surface area contributed by atoms with Crippen molar-refractivity contribution >= 4 is 28.0 Å². The second-order valence-electron chi connectivity index (χ2n) is 3.35. The van der Waals surface area contributed by atoms with Crippen LogP contribution in [0.15, 0.2) is 30.3 Å². The Balaban J connectivity index is 2.15. The van der Waals surface area contributed by atoms with Crippen LogP contribution in [0.5, 0.6) is 0 Å². The highest BCUT2D eigenvalue weighted by atomic mass is 32.2. The molecule has 0 N–H and O–H groups in total. The molecular formula is C12H15S2+. The Hall–Kier alpha value is -0.340. The molecule has 0 radical (unpaired) electrons. The Bertz CT molecular complexity index is 303. The van der Waals surface area contributed by atoms with Crippen LogP contribution in [0.1, 0.15) is 18.4 Å². The van der Waals surface area contributed by atoms with Crippen LogP contribution in [0.3, 0.4) is 0 Å². The second-order valence-corrected chi connectivity index (χ2v) is 5.77. The number of hydrogen-bond acceptors (Lipinski definition) is 1. The van der Waals surface area contributed by atoms with Crippen LogP contribution in [-0.4, -0.2) is 22.1 Å². The molecule has 0 nitrogen and oxygen atoms in total. The van der Waals surface area contributed by atoms with Gasteiger partial charge in [-0.3, -0.25) is 0 Å². The van der Waals surface area contributed by atoms with Gasteiger partial charge in [0.1, 0.15) is 0 Å². The van der Waals surface area contributed by atoms with Gasteiger partial charge in [0.25, 0.3) is 0 Å². The second kappa shape index (κ2) is 5.52. The summed E-state index contributed by atoms with van der Waals surface area (Å²) in [6, 6.07) is 10.8. The topological polar surface area (TPSA) is 0 Å². The van der Waals surface area contributed by atoms with Crippen molar-refractivity contribution in [3.63, 3.8) is 0 Å². The van der Waals surface area contributed by atoms with E-state index in [9.17, 15) is 0 Å². The van der Waals surface area contributed by atoms with Gasteiger partial charge in [-0.15, -0.1) is 0 Å². The molecule has 0 fully saturated rings. The van der Waals surface area contributed by atoms with Gasteiger partial charge in [0.05, 0.1) is 0 Å². The molecule has 1 aliphatic heterocycles. The Kier molecular flexibility index (Phi) is 4.02. The molecule has 14 heavy (non-hydrogen) atoms. The largest absolute Gasteiger partial charge is 0.208 e. The molecular weight excluding hydrogens is 208 g/mol. The van der Waals surface area contributed by atoms with E-state index < -0.39 is 0 Å². The third kappa shape index (κ3) is 2.82. The van der Waals surface area contributed by atoms with E-state index in [-0.39, 0.29) is 0 Å². The third-order valence-corrected chi connectivity index (χ3v) is 4.82. The lowest BCUT2D eigenvalue weighted by Crippen LogP contribution is -2.08. The summed E-state index contributed by atoms with van der Waals surface area (Å²) in [7, 11) is 0. The molecule has 1 heterocycles. The summed E-state index contributed by atoms with van der Waals surface area (Å²) in [4.78, 5) is 1.59. The van der Waals surface area contributed by atoms with Crippen molar-refractivity contribution in [1.29, 1.82) is 0 Å². The number of hydrogen-bond donors (Lipinski definition) is 0. The summed E-state index contributed by atoms with van der Waals surface area (Å²) in [5, 5.41) is 0. The normalized spacial score (nSPS) is 18.1. The van der Waals surface area contributed by atoms with E-state index in [1.165, 1.54) is 35.7 Å². The first-order valence-corrected chi connectivity index (χ1v) is 7.22. The van der Waals surface area contributed by atoms with Crippen molar-refractivity contribution in [2.45, 2.75) is 12.8 Å². The van der Waals surface area contributed by atoms with Crippen LogP contribution < -0.4 is 0 Å². The smallest absolute Gasteiger partial charge is 0.156 e. The monoisotopic (exact) mass is 223 g/mol. The Morgan fingerprint density at radius 3 is 2.79 bits per heavy atom. The molecule has 2 heteroatoms. The van der Waals surface area contributed by atoms with E-state index in [2.05, 4.69) is 42.1 Å². The molecule has 0 amide bonds. The van der Waals surface area contributed by atoms with Gasteiger partial charge in [0, 0.05) is 17.7 Å². The molecule has 0 spiro atoms. The lowest BCUT2D eigenvalue weighted by molar-refractivity contribution is 1.02. The molecule has 74 valence electrons. The lowest BCUT2D eigenvalue weighted by atomic mass is 10.1. The third-order valence-electron chi connectivity index (χ3n) is 2.29. The maximum absolute atomic E-state index is 2.23. The molecule has 0 bridgehead atoms. The fraction of sp³-hybridized carbons (Fsp3) is 0.417. The zero-order valence-corrected chi connectivity index (χ0v) is 9.87. The van der Waals surface area contributed by atoms with E-state index >= 15 is 0 Å². The quantitative estimate of drug-likeness (QED) is 0.521. The minimum atomic E-state index is 1.27. The molecule has 0 saturated carbocycles. The van der Waals surface area contributed by atoms with Crippen LogP contribution in [0.2, 0.25) is 0 Å². The molecule has 0 aromatic heterocycles. The highest BCUT2D eigenvalue weighted by Crippen LogP contribution is 2.12. The zero-order chi connectivity index (χ0) is 9.64. The van der Waals surface area contributed by atoms with E-state index in [4.69, 9.17) is 0 Å². The summed E-state index contributed by atoms with van der Waals surface area (Å²) >= 11 is 4.14. The van der Waals surface area contributed by atoms with Gasteiger partial charge >= 0.3 is 0 Å². The highest BCUT2D eigenvalue weighted by molar-refractivity contribution is 7.99. The van der Waals surface area contributed by atoms with E-state index in [1.807, 2.05) is 11.4 Å². The standard InChI is InChI=1S/C12H15S2/c1-2-5-11(6-3-1)12-7-4-8-13-9-10-14-12/h1-3,5-6H,4,7-10H2/q+1. The first kappa shape index (κ1) is 10.2. The molecule has 0 unspecified atom stereocenters. The van der Waals surface area contributed by atoms with Crippen LogP contribution in [0.4, 0.5) is 0 Å². The summed E-state index contributed by atoms with van der Waals surface area (Å²) in [6.45, 7) is 0. The van der Waals surface area contributed by atoms with Gasteiger partial charge in [-0.05, 0) is 24.3 Å². The Morgan fingerprint density at radius 1 is 1.07 bits per heavy atom. The molecule has 0 saturated heterocycles. The number of thioether (sulfide) groups is 1. The molecule has 0 aliphatic carbocycles. The first-order valence-electron chi connectivity index (χ1n) is 5.08. The minimum absolute atomic E-state index is 1.27. The van der Waals surface area contributed by atoms with Crippen molar-refractivity contribution in [2.24, 2.45) is 0 Å². The fourth-order valence-electron chi connectivity index (χ4n) is 1.58. The van der Waals surface area contributed by atoms with Crippen molar-refractivity contribution in [3.05, 3.63) is 35.9 Å². The molecule has 1 aromatic rings. The molecule has 2 rings (SSSR count). The van der Waals surface area contributed by atoms with Crippen LogP contribution >= 0.6 is 11.8 Å². The summed E-state index contributed by atoms with van der Waals surface area (Å²) < 4.78 is 0. The van der Waals surface area contributed by atoms with E-state index in [0.717, 1.165) is 0 Å². The average molecular weight is 223 g/mol. The predicted molar refractivity (Wildman–Crippen MR) is 69.3 cm³/mol. The summed E-state index contributed by atoms with van der Waals surface area (Å²) in [5.41, 5.74) is 1.43. The molecule has 1 aliphatic rings. The molecule has 1 aromatic carbocycles. The van der Waals surface area contributed by atoms with Gasteiger partial charge in [0.15, 0.2) is 17.1 Å². The van der Waals surface area contributed by atoms with Gasteiger partial charge in [0.2, 0.25) is 4.86 Å². The maximum atomic E-state index is 2.23. The maximum Gasteiger partial charge on any atom is 0.208 e. The molecule has 0 atom stereocenters. The van der Waals surface area contributed by atoms with Gasteiger partial charge < -0.3 is 0 Å². The Labute approximate surface area is 94.1 Å². The highest BCUT2D eigenvalue weighted by Gasteiger charge is 2.14. The summed E-state index contributed by atoms with van der Waals surface area (Å²) in [5.74, 6) is 3.91. The summed E-state index contributed by atoms with van der Waals surface area (Å²) in [6.07, 6.45) is 2.60. The van der Waals surface area contributed by atoms with E-state index in [1.54, 1.807) is 4.86 Å². The van der Waals surface area contributed by atoms with Gasteiger partial charge in [-0.25, -0.2) is 0 Å². The van der Waals surface area contributed by atoms with Crippen molar-refractivity contribution < 1.29 is 0 Å². The minimum Gasteiger partial charge on any atom is -0.156 e. The number of rotatable bonds is 1. The van der Waals surface area contributed by atoms with Gasteiger partial charge in [-0.1, -0.05) is 18.2 Å². The van der Waals surface area contributed by atoms with Crippen molar-refractivity contribution in [1.82, 2.24) is 0 Å². The number of benzene rings is 1. The van der Waals surface area contributed by atoms with Crippen LogP contribution in [0, 0.1) is 0 Å².